The van der Waals surface area contributed by atoms with Crippen LogP contribution in [0.5, 0.6) is 11.5 Å². The first-order valence-electron chi connectivity index (χ1n) is 10.5. The van der Waals surface area contributed by atoms with E-state index in [0.29, 0.717) is 17.4 Å². The van der Waals surface area contributed by atoms with Crippen LogP contribution in [0.1, 0.15) is 6.42 Å². The zero-order chi connectivity index (χ0) is 21.5. The SMILES string of the molecule is COc1ccc2sc(N(CCCN3CCOCC3)C(=O)COc3ccccc3)nc2c1. The number of carbonyl (C=O) groups is 1. The summed E-state index contributed by atoms with van der Waals surface area (Å²) in [6.07, 6.45) is 0.857. The highest BCUT2D eigenvalue weighted by molar-refractivity contribution is 7.22. The minimum atomic E-state index is -0.100. The van der Waals surface area contributed by atoms with Gasteiger partial charge in [-0.15, -0.1) is 0 Å². The summed E-state index contributed by atoms with van der Waals surface area (Å²) in [5, 5.41) is 0.687. The third-order valence-electron chi connectivity index (χ3n) is 5.18. The van der Waals surface area contributed by atoms with Crippen molar-refractivity contribution >= 4 is 32.6 Å². The Labute approximate surface area is 186 Å². The summed E-state index contributed by atoms with van der Waals surface area (Å²) in [6, 6.07) is 15.2. The lowest BCUT2D eigenvalue weighted by molar-refractivity contribution is -0.120. The molecular weight excluding hydrogens is 414 g/mol. The van der Waals surface area contributed by atoms with Gasteiger partial charge in [0.15, 0.2) is 11.7 Å². The molecule has 1 fully saturated rings. The van der Waals surface area contributed by atoms with E-state index >= 15 is 0 Å². The summed E-state index contributed by atoms with van der Waals surface area (Å²) >= 11 is 1.51. The van der Waals surface area contributed by atoms with E-state index in [1.54, 1.807) is 12.0 Å². The molecule has 0 radical (unpaired) electrons. The number of amides is 1. The lowest BCUT2D eigenvalue weighted by atomic mass is 10.3. The number of nitrogens with zero attached hydrogens (tertiary/aromatic N) is 3. The predicted octanol–water partition coefficient (Wildman–Crippen LogP) is 3.44. The van der Waals surface area contributed by atoms with Gasteiger partial charge >= 0.3 is 0 Å². The Bertz CT molecular complexity index is 989. The van der Waals surface area contributed by atoms with E-state index in [1.165, 1.54) is 11.3 Å². The van der Waals surface area contributed by atoms with Gasteiger partial charge in [0.05, 0.1) is 30.5 Å². The smallest absolute Gasteiger partial charge is 0.266 e. The monoisotopic (exact) mass is 441 g/mol. The fourth-order valence-corrected chi connectivity index (χ4v) is 4.47. The molecule has 1 aliphatic heterocycles. The Kier molecular flexibility index (Phi) is 7.35. The molecule has 0 spiro atoms. The molecule has 164 valence electrons. The molecule has 0 aliphatic carbocycles. The van der Waals surface area contributed by atoms with Crippen LogP contribution in [0, 0.1) is 0 Å². The Hall–Kier alpha value is -2.68. The van der Waals surface area contributed by atoms with Crippen molar-refractivity contribution in [2.75, 3.05) is 58.0 Å². The molecule has 0 unspecified atom stereocenters. The van der Waals surface area contributed by atoms with E-state index in [4.69, 9.17) is 19.2 Å². The number of ether oxygens (including phenoxy) is 3. The van der Waals surface area contributed by atoms with Crippen LogP contribution in [-0.4, -0.2) is 68.9 Å². The van der Waals surface area contributed by atoms with E-state index < -0.39 is 0 Å². The first-order valence-corrected chi connectivity index (χ1v) is 11.3. The van der Waals surface area contributed by atoms with Gasteiger partial charge in [0.25, 0.3) is 5.91 Å². The van der Waals surface area contributed by atoms with Crippen molar-refractivity contribution in [2.24, 2.45) is 0 Å². The van der Waals surface area contributed by atoms with Crippen molar-refractivity contribution in [3.05, 3.63) is 48.5 Å². The molecule has 1 aromatic heterocycles. The molecule has 7 nitrogen and oxygen atoms in total. The fraction of sp³-hybridized carbons (Fsp3) is 0.391. The molecule has 0 atom stereocenters. The summed E-state index contributed by atoms with van der Waals surface area (Å²) in [6.45, 7) is 4.90. The number of thiazole rings is 1. The number of para-hydroxylation sites is 1. The van der Waals surface area contributed by atoms with Gasteiger partial charge < -0.3 is 14.2 Å². The number of carbonyl (C=O) groups excluding carboxylic acids is 1. The highest BCUT2D eigenvalue weighted by Crippen LogP contribution is 2.31. The molecule has 8 heteroatoms. The van der Waals surface area contributed by atoms with Crippen LogP contribution in [-0.2, 0) is 9.53 Å². The van der Waals surface area contributed by atoms with Gasteiger partial charge in [-0.3, -0.25) is 14.6 Å². The standard InChI is InChI=1S/C23H27N3O4S/c1-28-19-8-9-21-20(16-19)24-23(31-21)26(11-5-10-25-12-14-29-15-13-25)22(27)17-30-18-6-3-2-4-7-18/h2-4,6-9,16H,5,10-15,17H2,1H3. The number of methoxy groups -OCH3 is 1. The molecular formula is C23H27N3O4S. The van der Waals surface area contributed by atoms with Crippen molar-refractivity contribution in [1.82, 2.24) is 9.88 Å². The average molecular weight is 442 g/mol. The van der Waals surface area contributed by atoms with E-state index in [0.717, 1.165) is 55.2 Å². The van der Waals surface area contributed by atoms with Gasteiger partial charge in [-0.2, -0.15) is 0 Å². The zero-order valence-corrected chi connectivity index (χ0v) is 18.5. The minimum Gasteiger partial charge on any atom is -0.497 e. The molecule has 0 N–H and O–H groups in total. The lowest BCUT2D eigenvalue weighted by Gasteiger charge is -2.27. The van der Waals surface area contributed by atoms with Gasteiger partial charge in [0, 0.05) is 32.2 Å². The van der Waals surface area contributed by atoms with Gasteiger partial charge in [-0.1, -0.05) is 29.5 Å². The van der Waals surface area contributed by atoms with Crippen LogP contribution in [0.25, 0.3) is 10.2 Å². The number of hydrogen-bond donors (Lipinski definition) is 0. The van der Waals surface area contributed by atoms with E-state index in [2.05, 4.69) is 4.90 Å². The quantitative estimate of drug-likeness (QED) is 0.507. The lowest BCUT2D eigenvalue weighted by Crippen LogP contribution is -2.40. The molecule has 2 heterocycles. The maximum Gasteiger partial charge on any atom is 0.266 e. The van der Waals surface area contributed by atoms with Crippen molar-refractivity contribution < 1.29 is 19.0 Å². The molecule has 1 aliphatic rings. The molecule has 3 aromatic rings. The molecule has 2 aromatic carbocycles. The molecule has 1 amide bonds. The molecule has 0 saturated carbocycles. The number of aromatic nitrogens is 1. The third kappa shape index (κ3) is 5.72. The molecule has 1 saturated heterocycles. The van der Waals surface area contributed by atoms with Crippen molar-refractivity contribution in [3.8, 4) is 11.5 Å². The second-order valence-corrected chi connectivity index (χ2v) is 8.29. The maximum atomic E-state index is 13.1. The number of hydrogen-bond acceptors (Lipinski definition) is 7. The van der Waals surface area contributed by atoms with Gasteiger partial charge in [-0.05, 0) is 30.7 Å². The van der Waals surface area contributed by atoms with Crippen LogP contribution < -0.4 is 14.4 Å². The fourth-order valence-electron chi connectivity index (χ4n) is 3.48. The minimum absolute atomic E-state index is 0.0270. The Morgan fingerprint density at radius 3 is 2.74 bits per heavy atom. The zero-order valence-electron chi connectivity index (χ0n) is 17.7. The second kappa shape index (κ2) is 10.6. The van der Waals surface area contributed by atoms with Crippen LogP contribution in [0.2, 0.25) is 0 Å². The Morgan fingerprint density at radius 1 is 1.16 bits per heavy atom. The topological polar surface area (TPSA) is 64.1 Å². The van der Waals surface area contributed by atoms with E-state index in [-0.39, 0.29) is 12.5 Å². The summed E-state index contributed by atoms with van der Waals surface area (Å²) in [5.41, 5.74) is 0.828. The molecule has 0 bridgehead atoms. The number of morpholine rings is 1. The normalized spacial score (nSPS) is 14.5. The highest BCUT2D eigenvalue weighted by atomic mass is 32.1. The van der Waals surface area contributed by atoms with Gasteiger partial charge in [0.2, 0.25) is 0 Å². The van der Waals surface area contributed by atoms with Gasteiger partial charge in [0.1, 0.15) is 11.5 Å². The van der Waals surface area contributed by atoms with Gasteiger partial charge in [-0.25, -0.2) is 4.98 Å². The van der Waals surface area contributed by atoms with Crippen molar-refractivity contribution in [3.63, 3.8) is 0 Å². The number of benzene rings is 2. The first kappa shape index (κ1) is 21.5. The average Bonchev–Trinajstić information content (AvgIpc) is 3.24. The van der Waals surface area contributed by atoms with Crippen LogP contribution in [0.15, 0.2) is 48.5 Å². The van der Waals surface area contributed by atoms with Crippen LogP contribution >= 0.6 is 11.3 Å². The first-order chi connectivity index (χ1) is 15.2. The highest BCUT2D eigenvalue weighted by Gasteiger charge is 2.21. The predicted molar refractivity (Wildman–Crippen MR) is 122 cm³/mol. The van der Waals surface area contributed by atoms with Crippen LogP contribution in [0.3, 0.4) is 0 Å². The van der Waals surface area contributed by atoms with Crippen molar-refractivity contribution in [1.29, 1.82) is 0 Å². The summed E-state index contributed by atoms with van der Waals surface area (Å²) in [7, 11) is 1.64. The summed E-state index contributed by atoms with van der Waals surface area (Å²) in [5.74, 6) is 1.33. The largest absolute Gasteiger partial charge is 0.497 e. The molecule has 4 rings (SSSR count). The summed E-state index contributed by atoms with van der Waals surface area (Å²) < 4.78 is 17.5. The maximum absolute atomic E-state index is 13.1. The van der Waals surface area contributed by atoms with E-state index in [9.17, 15) is 4.79 Å². The number of anilines is 1. The third-order valence-corrected chi connectivity index (χ3v) is 6.24. The Balaban J connectivity index is 1.47. The number of rotatable bonds is 9. The molecule has 31 heavy (non-hydrogen) atoms. The number of fused-ring (bicyclic) bond motifs is 1. The van der Waals surface area contributed by atoms with Crippen molar-refractivity contribution in [2.45, 2.75) is 6.42 Å². The van der Waals surface area contributed by atoms with Crippen LogP contribution in [0.4, 0.5) is 5.13 Å². The second-order valence-electron chi connectivity index (χ2n) is 7.28. The summed E-state index contributed by atoms with van der Waals surface area (Å²) in [4.78, 5) is 21.9. The van der Waals surface area contributed by atoms with E-state index in [1.807, 2.05) is 48.5 Å². The Morgan fingerprint density at radius 2 is 1.97 bits per heavy atom.